The fourth-order valence-electron chi connectivity index (χ4n) is 3.28. The summed E-state index contributed by atoms with van der Waals surface area (Å²) in [5, 5.41) is 3.55. The summed E-state index contributed by atoms with van der Waals surface area (Å²) in [5.41, 5.74) is 4.03. The quantitative estimate of drug-likeness (QED) is 0.880. The van der Waals surface area contributed by atoms with Crippen LogP contribution in [0.1, 0.15) is 16.7 Å². The van der Waals surface area contributed by atoms with Gasteiger partial charge in [0, 0.05) is 32.2 Å². The average molecular weight is 306 g/mol. The van der Waals surface area contributed by atoms with Gasteiger partial charge in [0.2, 0.25) is 0 Å². The van der Waals surface area contributed by atoms with E-state index >= 15 is 0 Å². The molecule has 1 heterocycles. The van der Waals surface area contributed by atoms with Crippen molar-refractivity contribution in [1.82, 2.24) is 10.2 Å². The molecule has 2 nitrogen and oxygen atoms in total. The Bertz CT molecular complexity index is 603. The predicted molar refractivity (Wildman–Crippen MR) is 98.6 cm³/mol. The molecule has 1 N–H and O–H groups in total. The van der Waals surface area contributed by atoms with E-state index in [1.807, 2.05) is 6.08 Å². The zero-order valence-electron chi connectivity index (χ0n) is 13.7. The molecule has 0 saturated carbocycles. The van der Waals surface area contributed by atoms with Gasteiger partial charge in [0.1, 0.15) is 0 Å². The maximum absolute atomic E-state index is 3.81. The van der Waals surface area contributed by atoms with Crippen molar-refractivity contribution >= 4 is 6.08 Å². The molecule has 0 radical (unpaired) electrons. The SMILES string of the molecule is C=Cc1ccc(CCN2CCNCC2Cc2ccccc2)cc1. The van der Waals surface area contributed by atoms with Crippen LogP contribution in [0.3, 0.4) is 0 Å². The van der Waals surface area contributed by atoms with Crippen LogP contribution in [0.4, 0.5) is 0 Å². The predicted octanol–water partition coefficient (Wildman–Crippen LogP) is 3.39. The fraction of sp³-hybridized carbons (Fsp3) is 0.333. The van der Waals surface area contributed by atoms with Crippen molar-refractivity contribution in [3.8, 4) is 0 Å². The van der Waals surface area contributed by atoms with Crippen LogP contribution in [0.15, 0.2) is 61.2 Å². The topological polar surface area (TPSA) is 15.3 Å². The number of piperazine rings is 1. The lowest BCUT2D eigenvalue weighted by atomic mass is 10.0. The summed E-state index contributed by atoms with van der Waals surface area (Å²) in [4.78, 5) is 2.64. The summed E-state index contributed by atoms with van der Waals surface area (Å²) in [5.74, 6) is 0. The van der Waals surface area contributed by atoms with Crippen molar-refractivity contribution in [1.29, 1.82) is 0 Å². The minimum Gasteiger partial charge on any atom is -0.314 e. The third kappa shape index (κ3) is 4.54. The highest BCUT2D eigenvalue weighted by molar-refractivity contribution is 5.47. The van der Waals surface area contributed by atoms with E-state index in [-0.39, 0.29) is 0 Å². The zero-order valence-corrected chi connectivity index (χ0v) is 13.7. The Balaban J connectivity index is 1.58. The molecular formula is C21H26N2. The van der Waals surface area contributed by atoms with Crippen LogP contribution in [-0.2, 0) is 12.8 Å². The monoisotopic (exact) mass is 306 g/mol. The Morgan fingerprint density at radius 2 is 1.83 bits per heavy atom. The fourth-order valence-corrected chi connectivity index (χ4v) is 3.28. The first-order chi connectivity index (χ1) is 11.3. The molecule has 0 spiro atoms. The van der Waals surface area contributed by atoms with Gasteiger partial charge in [-0.2, -0.15) is 0 Å². The van der Waals surface area contributed by atoms with E-state index in [0.717, 1.165) is 39.0 Å². The molecule has 1 atom stereocenters. The van der Waals surface area contributed by atoms with Crippen LogP contribution in [-0.4, -0.2) is 37.1 Å². The summed E-state index contributed by atoms with van der Waals surface area (Å²) in [6, 6.07) is 20.2. The normalized spacial score (nSPS) is 18.7. The molecule has 1 aliphatic rings. The van der Waals surface area contributed by atoms with Gasteiger partial charge >= 0.3 is 0 Å². The van der Waals surface area contributed by atoms with Gasteiger partial charge in [0.15, 0.2) is 0 Å². The van der Waals surface area contributed by atoms with Gasteiger partial charge in [0.05, 0.1) is 0 Å². The molecule has 0 aromatic heterocycles. The Morgan fingerprint density at radius 3 is 2.57 bits per heavy atom. The first-order valence-corrected chi connectivity index (χ1v) is 8.55. The standard InChI is InChI=1S/C21H26N2/c1-2-18-8-10-19(11-9-18)12-14-23-15-13-22-17-21(23)16-20-6-4-3-5-7-20/h2-11,21-22H,1,12-17H2. The Labute approximate surface area is 139 Å². The molecule has 0 aliphatic carbocycles. The molecule has 120 valence electrons. The highest BCUT2D eigenvalue weighted by atomic mass is 15.2. The van der Waals surface area contributed by atoms with E-state index in [4.69, 9.17) is 0 Å². The van der Waals surface area contributed by atoms with Crippen LogP contribution in [0.5, 0.6) is 0 Å². The van der Waals surface area contributed by atoms with Crippen LogP contribution in [0.25, 0.3) is 6.08 Å². The summed E-state index contributed by atoms with van der Waals surface area (Å²) in [7, 11) is 0. The molecule has 23 heavy (non-hydrogen) atoms. The number of nitrogens with one attached hydrogen (secondary N) is 1. The highest BCUT2D eigenvalue weighted by Gasteiger charge is 2.21. The van der Waals surface area contributed by atoms with Crippen molar-refractivity contribution in [2.45, 2.75) is 18.9 Å². The van der Waals surface area contributed by atoms with E-state index < -0.39 is 0 Å². The molecule has 0 amide bonds. The molecule has 3 rings (SSSR count). The van der Waals surface area contributed by atoms with Crippen molar-refractivity contribution in [3.63, 3.8) is 0 Å². The molecule has 2 aromatic carbocycles. The lowest BCUT2D eigenvalue weighted by Crippen LogP contribution is -2.52. The van der Waals surface area contributed by atoms with E-state index in [2.05, 4.69) is 71.4 Å². The van der Waals surface area contributed by atoms with Crippen molar-refractivity contribution in [2.24, 2.45) is 0 Å². The minimum absolute atomic E-state index is 0.596. The van der Waals surface area contributed by atoms with Crippen LogP contribution >= 0.6 is 0 Å². The van der Waals surface area contributed by atoms with Crippen molar-refractivity contribution in [2.75, 3.05) is 26.2 Å². The minimum atomic E-state index is 0.596. The van der Waals surface area contributed by atoms with Gasteiger partial charge < -0.3 is 5.32 Å². The van der Waals surface area contributed by atoms with E-state index in [0.29, 0.717) is 6.04 Å². The average Bonchev–Trinajstić information content (AvgIpc) is 2.62. The first-order valence-electron chi connectivity index (χ1n) is 8.55. The van der Waals surface area contributed by atoms with E-state index in [9.17, 15) is 0 Å². The number of hydrogen-bond acceptors (Lipinski definition) is 2. The molecular weight excluding hydrogens is 280 g/mol. The van der Waals surface area contributed by atoms with Crippen molar-refractivity contribution in [3.05, 3.63) is 77.9 Å². The lowest BCUT2D eigenvalue weighted by Gasteiger charge is -2.36. The molecule has 1 aliphatic heterocycles. The van der Waals surface area contributed by atoms with Crippen LogP contribution in [0, 0.1) is 0 Å². The second kappa shape index (κ2) is 8.09. The highest BCUT2D eigenvalue weighted by Crippen LogP contribution is 2.13. The first kappa shape index (κ1) is 16.0. The van der Waals surface area contributed by atoms with Gasteiger partial charge in [-0.15, -0.1) is 0 Å². The van der Waals surface area contributed by atoms with Gasteiger partial charge in [-0.1, -0.05) is 67.3 Å². The number of rotatable bonds is 6. The number of benzene rings is 2. The van der Waals surface area contributed by atoms with Gasteiger partial charge in [-0.3, -0.25) is 4.90 Å². The van der Waals surface area contributed by atoms with Gasteiger partial charge in [0.25, 0.3) is 0 Å². The van der Waals surface area contributed by atoms with Gasteiger partial charge in [-0.25, -0.2) is 0 Å². The summed E-state index contributed by atoms with van der Waals surface area (Å²) in [6.45, 7) is 8.27. The molecule has 2 heteroatoms. The molecule has 0 bridgehead atoms. The molecule has 1 saturated heterocycles. The maximum Gasteiger partial charge on any atom is 0.0261 e. The maximum atomic E-state index is 3.81. The Morgan fingerprint density at radius 1 is 1.04 bits per heavy atom. The smallest absolute Gasteiger partial charge is 0.0261 e. The van der Waals surface area contributed by atoms with Crippen LogP contribution in [0.2, 0.25) is 0 Å². The largest absolute Gasteiger partial charge is 0.314 e. The molecule has 1 fully saturated rings. The van der Waals surface area contributed by atoms with E-state index in [1.165, 1.54) is 16.7 Å². The zero-order chi connectivity index (χ0) is 15.9. The molecule has 2 aromatic rings. The van der Waals surface area contributed by atoms with Crippen molar-refractivity contribution < 1.29 is 0 Å². The number of nitrogens with zero attached hydrogens (tertiary/aromatic N) is 1. The second-order valence-electron chi connectivity index (χ2n) is 6.28. The summed E-state index contributed by atoms with van der Waals surface area (Å²) >= 11 is 0. The molecule has 1 unspecified atom stereocenters. The van der Waals surface area contributed by atoms with Crippen LogP contribution < -0.4 is 5.32 Å². The summed E-state index contributed by atoms with van der Waals surface area (Å²) < 4.78 is 0. The third-order valence-electron chi connectivity index (χ3n) is 4.69. The lowest BCUT2D eigenvalue weighted by molar-refractivity contribution is 0.162. The van der Waals surface area contributed by atoms with E-state index in [1.54, 1.807) is 0 Å². The summed E-state index contributed by atoms with van der Waals surface area (Å²) in [6.07, 6.45) is 4.14. The number of hydrogen-bond donors (Lipinski definition) is 1. The Hall–Kier alpha value is -1.90. The third-order valence-corrected chi connectivity index (χ3v) is 4.69. The Kier molecular flexibility index (Phi) is 5.62. The van der Waals surface area contributed by atoms with Gasteiger partial charge in [-0.05, 0) is 29.5 Å². The second-order valence-corrected chi connectivity index (χ2v) is 6.28.